The summed E-state index contributed by atoms with van der Waals surface area (Å²) in [5.74, 6) is 0.0109. The van der Waals surface area contributed by atoms with Gasteiger partial charge >= 0.3 is 0 Å². The van der Waals surface area contributed by atoms with E-state index in [2.05, 4.69) is 16.7 Å². The second-order valence-corrected chi connectivity index (χ2v) is 6.57. The van der Waals surface area contributed by atoms with Crippen molar-refractivity contribution in [3.8, 4) is 0 Å². The summed E-state index contributed by atoms with van der Waals surface area (Å²) in [6.45, 7) is 8.83. The van der Waals surface area contributed by atoms with E-state index >= 15 is 0 Å². The lowest BCUT2D eigenvalue weighted by molar-refractivity contribution is -0.136. The lowest BCUT2D eigenvalue weighted by Crippen LogP contribution is -2.56. The molecular weight excluding hydrogens is 280 g/mol. The lowest BCUT2D eigenvalue weighted by Gasteiger charge is -2.39. The number of amides is 2. The number of carbonyl (C=O) groups is 2. The normalized spacial score (nSPS) is 25.9. The van der Waals surface area contributed by atoms with Gasteiger partial charge in [0.05, 0.1) is 12.6 Å². The number of nitrogens with zero attached hydrogens (tertiary/aromatic N) is 3. The molecule has 22 heavy (non-hydrogen) atoms. The number of hydrogen-bond acceptors (Lipinski definition) is 4. The molecule has 0 radical (unpaired) electrons. The number of primary amides is 1. The minimum absolute atomic E-state index is 0.167. The van der Waals surface area contributed by atoms with E-state index in [0.29, 0.717) is 12.6 Å². The molecule has 0 saturated carbocycles. The standard InChI is InChI=1S/C16H30N4O2/c1-3-14(16(17)22)19-10-8-18(9-11-19)12-15(21)20-7-5-4-6-13(20)2/h13-14H,3-12H2,1-2H3,(H2,17,22)/t13-,14-/m0/s1. The van der Waals surface area contributed by atoms with Crippen LogP contribution in [0.4, 0.5) is 0 Å². The maximum absolute atomic E-state index is 12.5. The summed E-state index contributed by atoms with van der Waals surface area (Å²) in [6, 6.07) is 0.210. The molecule has 0 bridgehead atoms. The Hall–Kier alpha value is -1.14. The third kappa shape index (κ3) is 4.20. The summed E-state index contributed by atoms with van der Waals surface area (Å²) >= 11 is 0. The van der Waals surface area contributed by atoms with Crippen molar-refractivity contribution in [2.24, 2.45) is 5.73 Å². The zero-order valence-corrected chi connectivity index (χ0v) is 14.0. The average molecular weight is 310 g/mol. The highest BCUT2D eigenvalue weighted by Gasteiger charge is 2.29. The minimum atomic E-state index is -0.242. The molecule has 2 fully saturated rings. The topological polar surface area (TPSA) is 69.9 Å². The molecule has 6 nitrogen and oxygen atoms in total. The van der Waals surface area contributed by atoms with E-state index in [1.807, 2.05) is 11.8 Å². The van der Waals surface area contributed by atoms with Crippen LogP contribution in [0.25, 0.3) is 0 Å². The molecule has 0 aromatic rings. The Labute approximate surface area is 133 Å². The number of likely N-dealkylation sites (tertiary alicyclic amines) is 1. The molecule has 0 spiro atoms. The summed E-state index contributed by atoms with van der Waals surface area (Å²) in [5, 5.41) is 0. The Morgan fingerprint density at radius 2 is 1.82 bits per heavy atom. The van der Waals surface area contributed by atoms with Gasteiger partial charge in [0.25, 0.3) is 0 Å². The molecule has 2 heterocycles. The Kier molecular flexibility index (Phi) is 6.20. The van der Waals surface area contributed by atoms with E-state index < -0.39 is 0 Å². The average Bonchev–Trinajstić information content (AvgIpc) is 2.49. The number of piperidine rings is 1. The van der Waals surface area contributed by atoms with Gasteiger partial charge in [-0.15, -0.1) is 0 Å². The van der Waals surface area contributed by atoms with Gasteiger partial charge in [-0.25, -0.2) is 0 Å². The van der Waals surface area contributed by atoms with Crippen molar-refractivity contribution in [3.63, 3.8) is 0 Å². The van der Waals surface area contributed by atoms with Crippen LogP contribution in [-0.2, 0) is 9.59 Å². The third-order valence-electron chi connectivity index (χ3n) is 5.04. The van der Waals surface area contributed by atoms with Crippen molar-refractivity contribution in [2.45, 2.75) is 51.6 Å². The van der Waals surface area contributed by atoms with Crippen LogP contribution in [0.5, 0.6) is 0 Å². The molecule has 2 aliphatic rings. The van der Waals surface area contributed by atoms with Crippen molar-refractivity contribution in [1.82, 2.24) is 14.7 Å². The summed E-state index contributed by atoms with van der Waals surface area (Å²) in [7, 11) is 0. The van der Waals surface area contributed by atoms with Crippen molar-refractivity contribution >= 4 is 11.8 Å². The molecular formula is C16H30N4O2. The third-order valence-corrected chi connectivity index (χ3v) is 5.04. The van der Waals surface area contributed by atoms with Crippen molar-refractivity contribution in [1.29, 1.82) is 0 Å². The second-order valence-electron chi connectivity index (χ2n) is 6.57. The molecule has 6 heteroatoms. The van der Waals surface area contributed by atoms with Crippen LogP contribution in [0.15, 0.2) is 0 Å². The molecule has 0 aromatic carbocycles. The van der Waals surface area contributed by atoms with Crippen LogP contribution < -0.4 is 5.73 Å². The highest BCUT2D eigenvalue weighted by atomic mass is 16.2. The Balaban J connectivity index is 1.79. The van der Waals surface area contributed by atoms with Gasteiger partial charge in [-0.2, -0.15) is 0 Å². The highest BCUT2D eigenvalue weighted by molar-refractivity contribution is 5.80. The first kappa shape index (κ1) is 17.2. The highest BCUT2D eigenvalue weighted by Crippen LogP contribution is 2.17. The number of hydrogen-bond donors (Lipinski definition) is 1. The van der Waals surface area contributed by atoms with Gasteiger partial charge in [-0.3, -0.25) is 19.4 Å². The van der Waals surface area contributed by atoms with Gasteiger partial charge in [0.1, 0.15) is 0 Å². The number of carbonyl (C=O) groups excluding carboxylic acids is 2. The minimum Gasteiger partial charge on any atom is -0.368 e. The van der Waals surface area contributed by atoms with Crippen molar-refractivity contribution in [3.05, 3.63) is 0 Å². The van der Waals surface area contributed by atoms with E-state index in [1.54, 1.807) is 0 Å². The molecule has 126 valence electrons. The van der Waals surface area contributed by atoms with Crippen molar-refractivity contribution < 1.29 is 9.59 Å². The molecule has 0 aliphatic carbocycles. The summed E-state index contributed by atoms with van der Waals surface area (Å²) in [5.41, 5.74) is 5.45. The first-order chi connectivity index (χ1) is 10.5. The van der Waals surface area contributed by atoms with Gasteiger partial charge in [0.15, 0.2) is 0 Å². The molecule has 2 aliphatic heterocycles. The smallest absolute Gasteiger partial charge is 0.236 e. The van der Waals surface area contributed by atoms with Crippen LogP contribution in [0.3, 0.4) is 0 Å². The number of rotatable bonds is 5. The van der Waals surface area contributed by atoms with Crippen molar-refractivity contribution in [2.75, 3.05) is 39.3 Å². The lowest BCUT2D eigenvalue weighted by atomic mass is 10.0. The maximum atomic E-state index is 12.5. The predicted molar refractivity (Wildman–Crippen MR) is 86.3 cm³/mol. The van der Waals surface area contributed by atoms with Crippen LogP contribution in [0, 0.1) is 0 Å². The van der Waals surface area contributed by atoms with E-state index in [0.717, 1.165) is 52.0 Å². The van der Waals surface area contributed by atoms with E-state index in [1.165, 1.54) is 6.42 Å². The SMILES string of the molecule is CC[C@@H](C(N)=O)N1CCN(CC(=O)N2CCCC[C@@H]2C)CC1. The first-order valence-electron chi connectivity index (χ1n) is 8.58. The summed E-state index contributed by atoms with van der Waals surface area (Å²) in [4.78, 5) is 30.3. The molecule has 2 rings (SSSR count). The maximum Gasteiger partial charge on any atom is 0.236 e. The predicted octanol–water partition coefficient (Wildman–Crippen LogP) is 0.269. The summed E-state index contributed by atoms with van der Waals surface area (Å²) < 4.78 is 0. The molecule has 2 atom stereocenters. The second kappa shape index (κ2) is 7.92. The Morgan fingerprint density at radius 3 is 2.36 bits per heavy atom. The zero-order valence-electron chi connectivity index (χ0n) is 14.0. The fraction of sp³-hybridized carbons (Fsp3) is 0.875. The molecule has 2 N–H and O–H groups in total. The fourth-order valence-electron chi connectivity index (χ4n) is 3.62. The monoisotopic (exact) mass is 310 g/mol. The van der Waals surface area contributed by atoms with E-state index in [9.17, 15) is 9.59 Å². The largest absolute Gasteiger partial charge is 0.368 e. The van der Waals surface area contributed by atoms with Crippen LogP contribution in [0.1, 0.15) is 39.5 Å². The number of nitrogens with two attached hydrogens (primary N) is 1. The number of piperazine rings is 1. The Bertz CT molecular complexity index is 394. The van der Waals surface area contributed by atoms with Gasteiger partial charge in [-0.05, 0) is 32.6 Å². The van der Waals surface area contributed by atoms with Crippen LogP contribution in [-0.4, -0.2) is 77.9 Å². The van der Waals surface area contributed by atoms with Crippen LogP contribution >= 0.6 is 0 Å². The molecule has 2 saturated heterocycles. The molecule has 0 unspecified atom stereocenters. The first-order valence-corrected chi connectivity index (χ1v) is 8.58. The fourth-order valence-corrected chi connectivity index (χ4v) is 3.62. The van der Waals surface area contributed by atoms with Gasteiger partial charge in [0, 0.05) is 38.8 Å². The molecule has 0 aromatic heterocycles. The van der Waals surface area contributed by atoms with Crippen LogP contribution in [0.2, 0.25) is 0 Å². The van der Waals surface area contributed by atoms with Gasteiger partial charge in [-0.1, -0.05) is 6.92 Å². The zero-order chi connectivity index (χ0) is 16.1. The van der Waals surface area contributed by atoms with E-state index in [4.69, 9.17) is 5.73 Å². The molecule has 2 amide bonds. The van der Waals surface area contributed by atoms with Gasteiger partial charge in [0.2, 0.25) is 11.8 Å². The van der Waals surface area contributed by atoms with Gasteiger partial charge < -0.3 is 10.6 Å². The summed E-state index contributed by atoms with van der Waals surface area (Å²) in [6.07, 6.45) is 4.23. The Morgan fingerprint density at radius 1 is 1.14 bits per heavy atom. The quantitative estimate of drug-likeness (QED) is 0.791. The van der Waals surface area contributed by atoms with E-state index in [-0.39, 0.29) is 17.9 Å².